The van der Waals surface area contributed by atoms with Gasteiger partial charge in [-0.2, -0.15) is 0 Å². The Morgan fingerprint density at radius 1 is 1.02 bits per heavy atom. The molecule has 0 bridgehead atoms. The largest absolute Gasteiger partial charge is 0.497 e. The lowest BCUT2D eigenvalue weighted by molar-refractivity contribution is -0.120. The quantitative estimate of drug-likeness (QED) is 0.213. The van der Waals surface area contributed by atoms with Crippen LogP contribution in [-0.2, 0) is 20.7 Å². The summed E-state index contributed by atoms with van der Waals surface area (Å²) in [7, 11) is 2.99. The summed E-state index contributed by atoms with van der Waals surface area (Å²) in [5.41, 5.74) is 6.28. The molecule has 9 heteroatoms. The molecule has 4 aromatic rings. The summed E-state index contributed by atoms with van der Waals surface area (Å²) in [4.78, 5) is 45.1. The highest BCUT2D eigenvalue weighted by Crippen LogP contribution is 2.48. The second kappa shape index (κ2) is 12.1. The average Bonchev–Trinajstić information content (AvgIpc) is 3.37. The van der Waals surface area contributed by atoms with Crippen molar-refractivity contribution in [2.75, 3.05) is 37.5 Å². The van der Waals surface area contributed by atoms with Crippen LogP contribution in [0.5, 0.6) is 5.75 Å². The number of allylic oxidation sites excluding steroid dienone is 1. The van der Waals surface area contributed by atoms with E-state index in [-0.39, 0.29) is 23.7 Å². The highest BCUT2D eigenvalue weighted by Gasteiger charge is 2.42. The number of fused-ring (bicyclic) bond motifs is 2. The number of carbonyl (C=O) groups excluding carboxylic acids is 3. The number of hydrogen-bond acceptors (Lipinski definition) is 7. The fraction of sp³-hybridized carbons (Fsp3) is 0.306. The molecule has 1 aliphatic heterocycles. The summed E-state index contributed by atoms with van der Waals surface area (Å²) in [6.45, 7) is 4.66. The van der Waals surface area contributed by atoms with Crippen molar-refractivity contribution in [2.24, 2.45) is 5.41 Å². The first-order chi connectivity index (χ1) is 21.7. The van der Waals surface area contributed by atoms with Crippen molar-refractivity contribution < 1.29 is 23.9 Å². The maximum absolute atomic E-state index is 13.9. The van der Waals surface area contributed by atoms with Gasteiger partial charge < -0.3 is 30.0 Å². The van der Waals surface area contributed by atoms with Crippen molar-refractivity contribution in [3.8, 4) is 5.75 Å². The first kappa shape index (κ1) is 30.0. The smallest absolute Gasteiger partial charge is 0.337 e. The number of ether oxygens (including phenoxy) is 2. The SMILES string of the molecule is COC(=O)c1ccc(C2C3=C(CC(C)(C)CC3=O)Nc3ccccc3N2CC(=O)NCCc2c[nH]c3ccc(OC)cc23)cc1. The number of carbonyl (C=O) groups is 3. The monoisotopic (exact) mass is 606 g/mol. The van der Waals surface area contributed by atoms with Crippen LogP contribution < -0.4 is 20.3 Å². The van der Waals surface area contributed by atoms with Crippen LogP contribution in [0.25, 0.3) is 10.9 Å². The van der Waals surface area contributed by atoms with E-state index >= 15 is 0 Å². The van der Waals surface area contributed by atoms with E-state index in [9.17, 15) is 14.4 Å². The van der Waals surface area contributed by atoms with Gasteiger partial charge in [-0.15, -0.1) is 0 Å². The Labute approximate surface area is 262 Å². The second-order valence-electron chi connectivity index (χ2n) is 12.4. The molecule has 2 aliphatic rings. The van der Waals surface area contributed by atoms with Crippen molar-refractivity contribution in [1.29, 1.82) is 0 Å². The van der Waals surface area contributed by atoms with Crippen LogP contribution in [0.15, 0.2) is 84.2 Å². The molecule has 232 valence electrons. The fourth-order valence-electron chi connectivity index (χ4n) is 6.53. The Kier molecular flexibility index (Phi) is 8.10. The molecule has 0 saturated heterocycles. The van der Waals surface area contributed by atoms with E-state index in [1.54, 1.807) is 19.2 Å². The molecule has 0 fully saturated rings. The molecule has 3 aromatic carbocycles. The number of methoxy groups -OCH3 is 2. The minimum Gasteiger partial charge on any atom is -0.497 e. The molecule has 0 spiro atoms. The number of amides is 1. The van der Waals surface area contributed by atoms with Gasteiger partial charge in [-0.05, 0) is 71.8 Å². The number of nitrogens with one attached hydrogen (secondary N) is 3. The van der Waals surface area contributed by atoms with E-state index in [0.29, 0.717) is 36.9 Å². The lowest BCUT2D eigenvalue weighted by atomic mass is 9.73. The van der Waals surface area contributed by atoms with Crippen LogP contribution in [0.1, 0.15) is 54.2 Å². The van der Waals surface area contributed by atoms with Gasteiger partial charge in [0.25, 0.3) is 0 Å². The Morgan fingerprint density at radius 3 is 2.56 bits per heavy atom. The van der Waals surface area contributed by atoms with Crippen molar-refractivity contribution in [2.45, 2.75) is 39.2 Å². The van der Waals surface area contributed by atoms with Crippen LogP contribution >= 0.6 is 0 Å². The molecular weight excluding hydrogens is 568 g/mol. The molecule has 0 saturated carbocycles. The highest BCUT2D eigenvalue weighted by atomic mass is 16.5. The number of hydrogen-bond donors (Lipinski definition) is 3. The number of nitrogens with zero attached hydrogens (tertiary/aromatic N) is 1. The van der Waals surface area contributed by atoms with Crippen molar-refractivity contribution in [1.82, 2.24) is 10.3 Å². The third-order valence-electron chi connectivity index (χ3n) is 8.66. The van der Waals surface area contributed by atoms with Crippen LogP contribution in [0.3, 0.4) is 0 Å². The number of benzene rings is 3. The molecule has 1 amide bonds. The third-order valence-corrected chi connectivity index (χ3v) is 8.66. The molecule has 45 heavy (non-hydrogen) atoms. The summed E-state index contributed by atoms with van der Waals surface area (Å²) in [5.74, 6) is 0.227. The van der Waals surface area contributed by atoms with Crippen molar-refractivity contribution in [3.05, 3.63) is 101 Å². The molecular formula is C36H38N4O5. The number of anilines is 2. The molecule has 9 nitrogen and oxygen atoms in total. The highest BCUT2D eigenvalue weighted by molar-refractivity contribution is 6.02. The first-order valence-electron chi connectivity index (χ1n) is 15.2. The van der Waals surface area contributed by atoms with Crippen LogP contribution in [0, 0.1) is 5.41 Å². The molecule has 1 atom stereocenters. The van der Waals surface area contributed by atoms with Gasteiger partial charge in [0.1, 0.15) is 5.75 Å². The number of rotatable bonds is 8. The number of H-pyrrole nitrogens is 1. The zero-order valence-corrected chi connectivity index (χ0v) is 26.0. The lowest BCUT2D eigenvalue weighted by Gasteiger charge is -2.38. The molecule has 2 heterocycles. The predicted molar refractivity (Wildman–Crippen MR) is 175 cm³/mol. The van der Waals surface area contributed by atoms with Gasteiger partial charge in [0, 0.05) is 41.3 Å². The molecule has 1 unspecified atom stereocenters. The van der Waals surface area contributed by atoms with Gasteiger partial charge in [-0.25, -0.2) is 4.79 Å². The topological polar surface area (TPSA) is 113 Å². The Morgan fingerprint density at radius 2 is 1.80 bits per heavy atom. The van der Waals surface area contributed by atoms with Gasteiger partial charge in [0.05, 0.1) is 43.7 Å². The van der Waals surface area contributed by atoms with Gasteiger partial charge in [0.15, 0.2) is 5.78 Å². The van der Waals surface area contributed by atoms with Gasteiger partial charge in [-0.3, -0.25) is 9.59 Å². The van der Waals surface area contributed by atoms with E-state index in [1.165, 1.54) is 7.11 Å². The molecule has 1 aromatic heterocycles. The number of ketones is 1. The number of esters is 1. The van der Waals surface area contributed by atoms with E-state index in [0.717, 1.165) is 44.9 Å². The van der Waals surface area contributed by atoms with Crippen LogP contribution in [0.2, 0.25) is 0 Å². The molecule has 1 aliphatic carbocycles. The summed E-state index contributed by atoms with van der Waals surface area (Å²) >= 11 is 0. The lowest BCUT2D eigenvalue weighted by Crippen LogP contribution is -2.42. The van der Waals surface area contributed by atoms with Gasteiger partial charge >= 0.3 is 5.97 Å². The van der Waals surface area contributed by atoms with Gasteiger partial charge in [-0.1, -0.05) is 38.1 Å². The van der Waals surface area contributed by atoms with Crippen LogP contribution in [0.4, 0.5) is 11.4 Å². The molecule has 3 N–H and O–H groups in total. The van der Waals surface area contributed by atoms with Crippen molar-refractivity contribution in [3.63, 3.8) is 0 Å². The van der Waals surface area contributed by atoms with Gasteiger partial charge in [0.2, 0.25) is 5.91 Å². The average molecular weight is 607 g/mol. The second-order valence-corrected chi connectivity index (χ2v) is 12.4. The molecule has 0 radical (unpaired) electrons. The molecule has 6 rings (SSSR count). The maximum Gasteiger partial charge on any atom is 0.337 e. The summed E-state index contributed by atoms with van der Waals surface area (Å²) in [5, 5.41) is 7.74. The van der Waals surface area contributed by atoms with E-state index in [4.69, 9.17) is 9.47 Å². The number of para-hydroxylation sites is 2. The number of aromatic amines is 1. The zero-order valence-electron chi connectivity index (χ0n) is 26.0. The summed E-state index contributed by atoms with van der Waals surface area (Å²) in [6.07, 6.45) is 3.69. The predicted octanol–water partition coefficient (Wildman–Crippen LogP) is 5.94. The van der Waals surface area contributed by atoms with Crippen molar-refractivity contribution >= 4 is 39.9 Å². The Balaban J connectivity index is 1.32. The summed E-state index contributed by atoms with van der Waals surface area (Å²) < 4.78 is 10.3. The van der Waals surface area contributed by atoms with E-state index in [2.05, 4.69) is 29.5 Å². The summed E-state index contributed by atoms with van der Waals surface area (Å²) in [6, 6.07) is 20.3. The Bertz CT molecular complexity index is 1800. The normalized spacial score (nSPS) is 17.2. The van der Waals surface area contributed by atoms with E-state index < -0.39 is 12.0 Å². The van der Waals surface area contributed by atoms with Crippen LogP contribution in [-0.4, -0.2) is 50.0 Å². The third kappa shape index (κ3) is 6.02. The number of Topliss-reactive ketones (excluding diaryl/α,β-unsaturated/α-hetero) is 1. The number of aromatic nitrogens is 1. The van der Waals surface area contributed by atoms with E-state index in [1.807, 2.05) is 65.7 Å². The maximum atomic E-state index is 13.9. The Hall–Kier alpha value is -5.05. The minimum atomic E-state index is -0.543. The first-order valence-corrected chi connectivity index (χ1v) is 15.2. The standard InChI is InChI=1S/C36H38N4O5/c1-36(2)18-29-33(31(41)19-36)34(22-9-11-23(12-10-22)35(43)45-4)40(30-8-6-5-7-28(30)39-29)21-32(42)37-16-15-24-20-38-27-14-13-25(44-3)17-26(24)27/h5-14,17,20,34,38-39H,15-16,18-19,21H2,1-4H3,(H,37,42). The minimum absolute atomic E-state index is 0.0251. The fourth-order valence-corrected chi connectivity index (χ4v) is 6.53. The zero-order chi connectivity index (χ0) is 31.7.